The van der Waals surface area contributed by atoms with Crippen LogP contribution in [0.15, 0.2) is 29.8 Å². The van der Waals surface area contributed by atoms with E-state index in [-0.39, 0.29) is 10.8 Å². The summed E-state index contributed by atoms with van der Waals surface area (Å²) in [4.78, 5) is 0. The van der Waals surface area contributed by atoms with E-state index in [0.717, 1.165) is 18.4 Å². The van der Waals surface area contributed by atoms with Crippen LogP contribution in [-0.4, -0.2) is 0 Å². The highest BCUT2D eigenvalue weighted by Gasteiger charge is 2.36. The maximum absolute atomic E-state index is 13.4. The summed E-state index contributed by atoms with van der Waals surface area (Å²) in [6.07, 6.45) is 4.21. The first-order valence-corrected chi connectivity index (χ1v) is 6.36. The Bertz CT molecular complexity index is 500. The number of halogens is 2. The molecule has 0 aromatic heterocycles. The highest BCUT2D eigenvalue weighted by molar-refractivity contribution is 5.34. The van der Waals surface area contributed by atoms with Gasteiger partial charge in [0.25, 0.3) is 0 Å². The molecule has 0 bridgehead atoms. The quantitative estimate of drug-likeness (QED) is 0.616. The molecule has 0 N–H and O–H groups in total. The van der Waals surface area contributed by atoms with Crippen LogP contribution >= 0.6 is 0 Å². The van der Waals surface area contributed by atoms with Gasteiger partial charge in [-0.3, -0.25) is 0 Å². The molecular formula is C16H20F2. The average Bonchev–Trinajstić information content (AvgIpc) is 2.18. The molecule has 0 unspecified atom stereocenters. The first-order chi connectivity index (χ1) is 8.22. The van der Waals surface area contributed by atoms with E-state index in [2.05, 4.69) is 33.8 Å². The third-order valence-corrected chi connectivity index (χ3v) is 3.75. The molecule has 1 aliphatic rings. The predicted octanol–water partition coefficient (Wildman–Crippen LogP) is 4.99. The molecule has 0 saturated carbocycles. The van der Waals surface area contributed by atoms with E-state index in [1.165, 1.54) is 17.7 Å². The topological polar surface area (TPSA) is 0 Å². The summed E-state index contributed by atoms with van der Waals surface area (Å²) < 4.78 is 26.4. The number of allylic oxidation sites excluding steroid dienone is 2. The van der Waals surface area contributed by atoms with Crippen LogP contribution in [0, 0.1) is 17.0 Å². The van der Waals surface area contributed by atoms with E-state index in [4.69, 9.17) is 0 Å². The van der Waals surface area contributed by atoms with Gasteiger partial charge in [-0.1, -0.05) is 38.5 Å². The number of hydrogen-bond donors (Lipinski definition) is 0. The lowest BCUT2D eigenvalue weighted by Crippen LogP contribution is -2.32. The fraction of sp³-hybridized carbons (Fsp3) is 0.500. The molecule has 1 atom stereocenters. The predicted molar refractivity (Wildman–Crippen MR) is 70.5 cm³/mol. The summed E-state index contributed by atoms with van der Waals surface area (Å²) in [5.74, 6) is -1.54. The molecule has 0 amide bonds. The second-order valence-electron chi connectivity index (χ2n) is 6.55. The minimum Gasteiger partial charge on any atom is -0.204 e. The SMILES string of the molecule is CC1=C[C@](C)(c2ccc(F)c(F)c2)CC(C)(C)C1. The maximum atomic E-state index is 13.4. The Kier molecular flexibility index (Phi) is 3.08. The lowest BCUT2D eigenvalue weighted by atomic mass is 9.63. The van der Waals surface area contributed by atoms with E-state index in [9.17, 15) is 8.78 Å². The second-order valence-corrected chi connectivity index (χ2v) is 6.55. The molecule has 2 heteroatoms. The third kappa shape index (κ3) is 2.47. The summed E-state index contributed by atoms with van der Waals surface area (Å²) in [5, 5.41) is 0. The van der Waals surface area contributed by atoms with Gasteiger partial charge in [0.2, 0.25) is 0 Å². The van der Waals surface area contributed by atoms with Gasteiger partial charge in [-0.2, -0.15) is 0 Å². The molecule has 0 radical (unpaired) electrons. The summed E-state index contributed by atoms with van der Waals surface area (Å²) >= 11 is 0. The van der Waals surface area contributed by atoms with Crippen LogP contribution in [0.25, 0.3) is 0 Å². The minimum absolute atomic E-state index is 0.193. The molecule has 98 valence electrons. The molecule has 0 saturated heterocycles. The van der Waals surface area contributed by atoms with Crippen molar-refractivity contribution in [2.45, 2.75) is 46.0 Å². The van der Waals surface area contributed by atoms with Crippen molar-refractivity contribution in [1.82, 2.24) is 0 Å². The van der Waals surface area contributed by atoms with Crippen LogP contribution in [0.2, 0.25) is 0 Å². The number of hydrogen-bond acceptors (Lipinski definition) is 0. The molecule has 18 heavy (non-hydrogen) atoms. The molecule has 1 aromatic rings. The van der Waals surface area contributed by atoms with Crippen molar-refractivity contribution in [3.63, 3.8) is 0 Å². The lowest BCUT2D eigenvalue weighted by Gasteiger charge is -2.41. The Labute approximate surface area is 108 Å². The molecular weight excluding hydrogens is 230 g/mol. The summed E-state index contributed by atoms with van der Waals surface area (Å²) in [7, 11) is 0. The van der Waals surface area contributed by atoms with Crippen molar-refractivity contribution in [3.05, 3.63) is 47.0 Å². The van der Waals surface area contributed by atoms with Gasteiger partial charge in [0.1, 0.15) is 0 Å². The Morgan fingerprint density at radius 1 is 1.06 bits per heavy atom. The Morgan fingerprint density at radius 2 is 1.72 bits per heavy atom. The molecule has 0 spiro atoms. The standard InChI is InChI=1S/C16H20F2/c1-11-8-15(2,3)10-16(4,9-11)12-5-6-13(17)14(18)7-12/h5-7,9H,8,10H2,1-4H3/t16-/m0/s1. The van der Waals surface area contributed by atoms with E-state index >= 15 is 0 Å². The number of benzene rings is 1. The molecule has 1 aliphatic carbocycles. The Hall–Kier alpha value is -1.18. The van der Waals surface area contributed by atoms with E-state index in [1.807, 2.05) is 0 Å². The van der Waals surface area contributed by atoms with Gasteiger partial charge in [-0.05, 0) is 42.9 Å². The van der Waals surface area contributed by atoms with E-state index in [1.54, 1.807) is 6.07 Å². The van der Waals surface area contributed by atoms with Crippen LogP contribution in [0.4, 0.5) is 8.78 Å². The summed E-state index contributed by atoms with van der Waals surface area (Å²) in [6.45, 7) is 8.66. The Morgan fingerprint density at radius 3 is 2.28 bits per heavy atom. The molecule has 0 fully saturated rings. The maximum Gasteiger partial charge on any atom is 0.159 e. The highest BCUT2D eigenvalue weighted by Crippen LogP contribution is 2.46. The van der Waals surface area contributed by atoms with Gasteiger partial charge < -0.3 is 0 Å². The van der Waals surface area contributed by atoms with Crippen LogP contribution in [-0.2, 0) is 5.41 Å². The van der Waals surface area contributed by atoms with Crippen molar-refractivity contribution in [3.8, 4) is 0 Å². The van der Waals surface area contributed by atoms with Crippen LogP contribution in [0.1, 0.15) is 46.1 Å². The van der Waals surface area contributed by atoms with Crippen LogP contribution in [0.5, 0.6) is 0 Å². The van der Waals surface area contributed by atoms with Gasteiger partial charge in [0.05, 0.1) is 0 Å². The third-order valence-electron chi connectivity index (χ3n) is 3.75. The molecule has 0 heterocycles. The normalized spacial score (nSPS) is 26.9. The van der Waals surface area contributed by atoms with Crippen molar-refractivity contribution >= 4 is 0 Å². The smallest absolute Gasteiger partial charge is 0.159 e. The fourth-order valence-corrected chi connectivity index (χ4v) is 3.49. The second kappa shape index (κ2) is 4.18. The zero-order valence-corrected chi connectivity index (χ0v) is 11.5. The highest BCUT2D eigenvalue weighted by atomic mass is 19.2. The van der Waals surface area contributed by atoms with Gasteiger partial charge in [0.15, 0.2) is 11.6 Å². The van der Waals surface area contributed by atoms with Crippen molar-refractivity contribution in [2.24, 2.45) is 5.41 Å². The van der Waals surface area contributed by atoms with Crippen molar-refractivity contribution in [2.75, 3.05) is 0 Å². The molecule has 0 nitrogen and oxygen atoms in total. The van der Waals surface area contributed by atoms with Gasteiger partial charge >= 0.3 is 0 Å². The van der Waals surface area contributed by atoms with Crippen molar-refractivity contribution in [1.29, 1.82) is 0 Å². The largest absolute Gasteiger partial charge is 0.204 e. The summed E-state index contributed by atoms with van der Waals surface area (Å²) in [5.41, 5.74) is 2.16. The van der Waals surface area contributed by atoms with Crippen LogP contribution in [0.3, 0.4) is 0 Å². The van der Waals surface area contributed by atoms with Crippen molar-refractivity contribution < 1.29 is 8.78 Å². The zero-order chi connectivity index (χ0) is 13.6. The lowest BCUT2D eigenvalue weighted by molar-refractivity contribution is 0.252. The zero-order valence-electron chi connectivity index (χ0n) is 11.5. The average molecular weight is 250 g/mol. The molecule has 1 aromatic carbocycles. The minimum atomic E-state index is -0.780. The molecule has 0 aliphatic heterocycles. The molecule has 2 rings (SSSR count). The van der Waals surface area contributed by atoms with E-state index < -0.39 is 11.6 Å². The first-order valence-electron chi connectivity index (χ1n) is 6.36. The number of rotatable bonds is 1. The fourth-order valence-electron chi connectivity index (χ4n) is 3.49. The first kappa shape index (κ1) is 13.3. The van der Waals surface area contributed by atoms with E-state index in [0.29, 0.717) is 0 Å². The monoisotopic (exact) mass is 250 g/mol. The summed E-state index contributed by atoms with van der Waals surface area (Å²) in [6, 6.07) is 4.25. The van der Waals surface area contributed by atoms with Gasteiger partial charge in [0, 0.05) is 5.41 Å². The van der Waals surface area contributed by atoms with Crippen LogP contribution < -0.4 is 0 Å². The van der Waals surface area contributed by atoms with Gasteiger partial charge in [-0.25, -0.2) is 8.78 Å². The Balaban J connectivity index is 2.47. The van der Waals surface area contributed by atoms with Gasteiger partial charge in [-0.15, -0.1) is 0 Å².